The van der Waals surface area contributed by atoms with Crippen molar-refractivity contribution in [3.05, 3.63) is 0 Å². The molecule has 5 nitrogen and oxygen atoms in total. The molecule has 2 fully saturated rings. The smallest absolute Gasteiger partial charge is 0.237 e. The average Bonchev–Trinajstić information content (AvgIpc) is 2.83. The Balaban J connectivity index is 1.74. The maximum Gasteiger partial charge on any atom is 0.237 e. The molecular formula is C12H21N3O2. The summed E-state index contributed by atoms with van der Waals surface area (Å²) in [6.07, 6.45) is 5.35. The van der Waals surface area contributed by atoms with E-state index in [4.69, 9.17) is 5.73 Å². The first-order chi connectivity index (χ1) is 8.16. The first-order valence-corrected chi connectivity index (χ1v) is 6.50. The minimum Gasteiger partial charge on any atom is -0.369 e. The van der Waals surface area contributed by atoms with Crippen molar-refractivity contribution in [2.45, 2.75) is 50.6 Å². The molecule has 1 aliphatic heterocycles. The number of hydrogen-bond donors (Lipinski definition) is 3. The summed E-state index contributed by atoms with van der Waals surface area (Å²) in [7, 11) is 0. The van der Waals surface area contributed by atoms with Crippen molar-refractivity contribution in [1.82, 2.24) is 10.6 Å². The van der Waals surface area contributed by atoms with Gasteiger partial charge in [-0.25, -0.2) is 0 Å². The van der Waals surface area contributed by atoms with E-state index in [0.717, 1.165) is 45.1 Å². The van der Waals surface area contributed by atoms with Gasteiger partial charge in [0.2, 0.25) is 11.8 Å². The Morgan fingerprint density at radius 2 is 1.82 bits per heavy atom. The molecule has 0 unspecified atom stereocenters. The van der Waals surface area contributed by atoms with E-state index in [9.17, 15) is 9.59 Å². The van der Waals surface area contributed by atoms with Gasteiger partial charge in [-0.3, -0.25) is 9.59 Å². The lowest BCUT2D eigenvalue weighted by atomic mass is 9.85. The third-order valence-corrected chi connectivity index (χ3v) is 3.85. The highest BCUT2D eigenvalue weighted by Gasteiger charge is 2.28. The van der Waals surface area contributed by atoms with Crippen LogP contribution in [-0.4, -0.2) is 30.4 Å². The first kappa shape index (κ1) is 12.4. The van der Waals surface area contributed by atoms with E-state index in [2.05, 4.69) is 10.6 Å². The fourth-order valence-corrected chi connectivity index (χ4v) is 2.73. The van der Waals surface area contributed by atoms with Crippen molar-refractivity contribution in [2.75, 3.05) is 6.54 Å². The molecule has 4 N–H and O–H groups in total. The van der Waals surface area contributed by atoms with Crippen molar-refractivity contribution in [3.8, 4) is 0 Å². The second-order valence-electron chi connectivity index (χ2n) is 5.11. The van der Waals surface area contributed by atoms with Crippen molar-refractivity contribution in [1.29, 1.82) is 0 Å². The molecule has 0 aromatic carbocycles. The van der Waals surface area contributed by atoms with Crippen molar-refractivity contribution >= 4 is 11.8 Å². The van der Waals surface area contributed by atoms with Crippen LogP contribution in [0, 0.1) is 5.92 Å². The number of hydrogen-bond acceptors (Lipinski definition) is 3. The molecule has 5 heteroatoms. The maximum absolute atomic E-state index is 11.9. The topological polar surface area (TPSA) is 84.2 Å². The standard InChI is InChI=1S/C12H21N3O2/c13-11(16)8-3-5-9(6-4-8)15-12(17)10-2-1-7-14-10/h8-10,14H,1-7H2,(H2,13,16)(H,15,17)/t8?,9?,10-/m0/s1. The van der Waals surface area contributed by atoms with Crippen LogP contribution < -0.4 is 16.4 Å². The predicted molar refractivity (Wildman–Crippen MR) is 64.1 cm³/mol. The zero-order chi connectivity index (χ0) is 12.3. The van der Waals surface area contributed by atoms with Crippen LogP contribution >= 0.6 is 0 Å². The zero-order valence-corrected chi connectivity index (χ0v) is 10.1. The van der Waals surface area contributed by atoms with Gasteiger partial charge in [0, 0.05) is 12.0 Å². The number of nitrogens with one attached hydrogen (secondary N) is 2. The van der Waals surface area contributed by atoms with E-state index in [1.54, 1.807) is 0 Å². The highest BCUT2D eigenvalue weighted by Crippen LogP contribution is 2.24. The van der Waals surface area contributed by atoms with E-state index < -0.39 is 0 Å². The van der Waals surface area contributed by atoms with Crippen LogP contribution in [0.5, 0.6) is 0 Å². The molecule has 0 bridgehead atoms. The molecule has 0 aromatic rings. The third-order valence-electron chi connectivity index (χ3n) is 3.85. The van der Waals surface area contributed by atoms with E-state index in [1.807, 2.05) is 0 Å². The van der Waals surface area contributed by atoms with Crippen LogP contribution in [0.15, 0.2) is 0 Å². The molecule has 2 rings (SSSR count). The summed E-state index contributed by atoms with van der Waals surface area (Å²) in [5.41, 5.74) is 5.28. The molecule has 1 atom stereocenters. The van der Waals surface area contributed by atoms with Gasteiger partial charge in [0.25, 0.3) is 0 Å². The largest absolute Gasteiger partial charge is 0.369 e. The molecular weight excluding hydrogens is 218 g/mol. The van der Waals surface area contributed by atoms with Crippen LogP contribution in [-0.2, 0) is 9.59 Å². The van der Waals surface area contributed by atoms with Crippen molar-refractivity contribution < 1.29 is 9.59 Å². The van der Waals surface area contributed by atoms with Gasteiger partial charge in [-0.15, -0.1) is 0 Å². The van der Waals surface area contributed by atoms with Crippen LogP contribution in [0.4, 0.5) is 0 Å². The van der Waals surface area contributed by atoms with Gasteiger partial charge in [-0.2, -0.15) is 0 Å². The Morgan fingerprint density at radius 3 is 2.35 bits per heavy atom. The number of primary amides is 1. The predicted octanol–water partition coefficient (Wildman–Crippen LogP) is -0.101. The summed E-state index contributed by atoms with van der Waals surface area (Å²) in [6, 6.07) is 0.212. The lowest BCUT2D eigenvalue weighted by Crippen LogP contribution is -2.46. The normalized spacial score (nSPS) is 33.3. The number of amides is 2. The monoisotopic (exact) mass is 239 g/mol. The van der Waals surface area contributed by atoms with Crippen LogP contribution in [0.25, 0.3) is 0 Å². The fraction of sp³-hybridized carbons (Fsp3) is 0.833. The molecule has 1 saturated heterocycles. The number of rotatable bonds is 3. The van der Waals surface area contributed by atoms with Gasteiger partial charge in [-0.05, 0) is 45.1 Å². The van der Waals surface area contributed by atoms with Gasteiger partial charge in [-0.1, -0.05) is 0 Å². The van der Waals surface area contributed by atoms with Crippen LogP contribution in [0.3, 0.4) is 0 Å². The highest BCUT2D eigenvalue weighted by atomic mass is 16.2. The highest BCUT2D eigenvalue weighted by molar-refractivity contribution is 5.82. The lowest BCUT2D eigenvalue weighted by molar-refractivity contribution is -0.124. The van der Waals surface area contributed by atoms with E-state index in [0.29, 0.717) is 0 Å². The summed E-state index contributed by atoms with van der Waals surface area (Å²) in [4.78, 5) is 22.9. The van der Waals surface area contributed by atoms with Crippen molar-refractivity contribution in [2.24, 2.45) is 11.7 Å². The van der Waals surface area contributed by atoms with Crippen molar-refractivity contribution in [3.63, 3.8) is 0 Å². The molecule has 2 aliphatic rings. The Bertz CT molecular complexity index is 292. The van der Waals surface area contributed by atoms with Gasteiger partial charge < -0.3 is 16.4 Å². The molecule has 2 amide bonds. The lowest BCUT2D eigenvalue weighted by Gasteiger charge is -2.28. The summed E-state index contributed by atoms with van der Waals surface area (Å²) in [5.74, 6) is -0.0787. The first-order valence-electron chi connectivity index (χ1n) is 6.50. The van der Waals surface area contributed by atoms with E-state index in [1.165, 1.54) is 0 Å². The zero-order valence-electron chi connectivity index (χ0n) is 10.1. The van der Waals surface area contributed by atoms with Gasteiger partial charge in [0.1, 0.15) is 0 Å². The SMILES string of the molecule is NC(=O)C1CCC(NC(=O)[C@@H]2CCCN2)CC1. The van der Waals surface area contributed by atoms with Gasteiger partial charge in [0.15, 0.2) is 0 Å². The third kappa shape index (κ3) is 3.19. The van der Waals surface area contributed by atoms with Gasteiger partial charge in [0.05, 0.1) is 6.04 Å². The number of carbonyl (C=O) groups is 2. The number of carbonyl (C=O) groups excluding carboxylic acids is 2. The minimum absolute atomic E-state index is 0.00718. The molecule has 0 aromatic heterocycles. The molecule has 1 saturated carbocycles. The Labute approximate surface area is 102 Å². The molecule has 0 radical (unpaired) electrons. The fourth-order valence-electron chi connectivity index (χ4n) is 2.73. The number of nitrogens with two attached hydrogens (primary N) is 1. The summed E-state index contributed by atoms with van der Waals surface area (Å²) >= 11 is 0. The second-order valence-corrected chi connectivity index (χ2v) is 5.11. The second kappa shape index (κ2) is 5.49. The summed E-state index contributed by atoms with van der Waals surface area (Å²) in [6.45, 7) is 0.937. The molecule has 96 valence electrons. The van der Waals surface area contributed by atoms with E-state index >= 15 is 0 Å². The molecule has 1 aliphatic carbocycles. The van der Waals surface area contributed by atoms with Crippen LogP contribution in [0.1, 0.15) is 38.5 Å². The Morgan fingerprint density at radius 1 is 1.12 bits per heavy atom. The molecule has 1 heterocycles. The van der Waals surface area contributed by atoms with E-state index in [-0.39, 0.29) is 29.8 Å². The quantitative estimate of drug-likeness (QED) is 0.643. The van der Waals surface area contributed by atoms with Gasteiger partial charge >= 0.3 is 0 Å². The average molecular weight is 239 g/mol. The molecule has 0 spiro atoms. The molecule has 17 heavy (non-hydrogen) atoms. The van der Waals surface area contributed by atoms with Crippen LogP contribution in [0.2, 0.25) is 0 Å². The summed E-state index contributed by atoms with van der Waals surface area (Å²) in [5, 5.41) is 6.25. The maximum atomic E-state index is 11.9. The minimum atomic E-state index is -0.202. The Kier molecular flexibility index (Phi) is 3.99. The summed E-state index contributed by atoms with van der Waals surface area (Å²) < 4.78 is 0. The Hall–Kier alpha value is -1.10.